The quantitative estimate of drug-likeness (QED) is 0.774. The van der Waals surface area contributed by atoms with Gasteiger partial charge < -0.3 is 11.1 Å². The van der Waals surface area contributed by atoms with Gasteiger partial charge in [0.05, 0.1) is 16.7 Å². The number of carbonyl (C=O) groups excluding carboxylic acids is 1. The molecule has 1 aromatic heterocycles. The molecule has 1 amide bonds. The molecule has 5 heteroatoms. The third-order valence-electron chi connectivity index (χ3n) is 3.44. The van der Waals surface area contributed by atoms with Crippen molar-refractivity contribution in [3.05, 3.63) is 65.4 Å². The van der Waals surface area contributed by atoms with Crippen molar-refractivity contribution < 1.29 is 4.79 Å². The SMILES string of the molecule is Cc1nc2ccccc2nc1NCc1ccc(C(N)=O)cc1. The molecule has 0 fully saturated rings. The van der Waals surface area contributed by atoms with Gasteiger partial charge in [0, 0.05) is 12.1 Å². The molecule has 0 unspecified atom stereocenters. The normalized spacial score (nSPS) is 10.6. The van der Waals surface area contributed by atoms with Gasteiger partial charge in [-0.25, -0.2) is 9.97 Å². The lowest BCUT2D eigenvalue weighted by Gasteiger charge is -2.09. The highest BCUT2D eigenvalue weighted by molar-refractivity contribution is 5.92. The summed E-state index contributed by atoms with van der Waals surface area (Å²) in [6, 6.07) is 15.0. The summed E-state index contributed by atoms with van der Waals surface area (Å²) < 4.78 is 0. The van der Waals surface area contributed by atoms with E-state index in [-0.39, 0.29) is 0 Å². The Balaban J connectivity index is 1.78. The number of hydrogen-bond acceptors (Lipinski definition) is 4. The summed E-state index contributed by atoms with van der Waals surface area (Å²) >= 11 is 0. The molecule has 2 aromatic carbocycles. The summed E-state index contributed by atoms with van der Waals surface area (Å²) in [6.07, 6.45) is 0. The van der Waals surface area contributed by atoms with E-state index in [0.717, 1.165) is 28.1 Å². The van der Waals surface area contributed by atoms with Crippen LogP contribution in [0, 0.1) is 6.92 Å². The van der Waals surface area contributed by atoms with Crippen LogP contribution >= 0.6 is 0 Å². The molecule has 22 heavy (non-hydrogen) atoms. The average Bonchev–Trinajstić information content (AvgIpc) is 2.53. The highest BCUT2D eigenvalue weighted by Gasteiger charge is 2.05. The zero-order valence-corrected chi connectivity index (χ0v) is 12.2. The Bertz CT molecular complexity index is 828. The number of primary amides is 1. The number of aromatic nitrogens is 2. The van der Waals surface area contributed by atoms with E-state index in [1.54, 1.807) is 12.1 Å². The number of amides is 1. The van der Waals surface area contributed by atoms with E-state index in [1.165, 1.54) is 0 Å². The second-order valence-electron chi connectivity index (χ2n) is 5.06. The fourth-order valence-electron chi connectivity index (χ4n) is 2.23. The van der Waals surface area contributed by atoms with Crippen molar-refractivity contribution in [1.29, 1.82) is 0 Å². The number of anilines is 1. The number of carbonyl (C=O) groups is 1. The molecule has 1 heterocycles. The third kappa shape index (κ3) is 2.88. The van der Waals surface area contributed by atoms with Crippen molar-refractivity contribution in [3.63, 3.8) is 0 Å². The van der Waals surface area contributed by atoms with Crippen LogP contribution in [0.1, 0.15) is 21.6 Å². The number of para-hydroxylation sites is 2. The second-order valence-corrected chi connectivity index (χ2v) is 5.06. The van der Waals surface area contributed by atoms with Crippen LogP contribution in [-0.2, 0) is 6.54 Å². The molecule has 0 spiro atoms. The van der Waals surface area contributed by atoms with E-state index in [9.17, 15) is 4.79 Å². The molecule has 3 aromatic rings. The molecular weight excluding hydrogens is 276 g/mol. The van der Waals surface area contributed by atoms with Crippen LogP contribution in [0.5, 0.6) is 0 Å². The summed E-state index contributed by atoms with van der Waals surface area (Å²) in [4.78, 5) is 20.2. The van der Waals surface area contributed by atoms with Crippen LogP contribution in [0.25, 0.3) is 11.0 Å². The maximum absolute atomic E-state index is 11.0. The lowest BCUT2D eigenvalue weighted by atomic mass is 10.1. The lowest BCUT2D eigenvalue weighted by Crippen LogP contribution is -2.11. The molecule has 0 aliphatic heterocycles. The zero-order chi connectivity index (χ0) is 15.5. The van der Waals surface area contributed by atoms with Gasteiger partial charge in [-0.05, 0) is 36.8 Å². The van der Waals surface area contributed by atoms with Crippen molar-refractivity contribution in [2.24, 2.45) is 5.73 Å². The smallest absolute Gasteiger partial charge is 0.248 e. The van der Waals surface area contributed by atoms with Crippen LogP contribution in [0.2, 0.25) is 0 Å². The Morgan fingerprint density at radius 3 is 2.32 bits per heavy atom. The van der Waals surface area contributed by atoms with Gasteiger partial charge in [0.15, 0.2) is 0 Å². The van der Waals surface area contributed by atoms with E-state index in [0.29, 0.717) is 12.1 Å². The van der Waals surface area contributed by atoms with Crippen LogP contribution in [-0.4, -0.2) is 15.9 Å². The Hall–Kier alpha value is -2.95. The molecule has 3 rings (SSSR count). The predicted octanol–water partition coefficient (Wildman–Crippen LogP) is 2.65. The van der Waals surface area contributed by atoms with Crippen molar-refractivity contribution in [2.75, 3.05) is 5.32 Å². The molecule has 110 valence electrons. The van der Waals surface area contributed by atoms with Gasteiger partial charge in [0.1, 0.15) is 5.82 Å². The lowest BCUT2D eigenvalue weighted by molar-refractivity contribution is 0.100. The Morgan fingerprint density at radius 1 is 1.05 bits per heavy atom. The monoisotopic (exact) mass is 292 g/mol. The first-order valence-corrected chi connectivity index (χ1v) is 6.99. The van der Waals surface area contributed by atoms with Crippen molar-refractivity contribution in [2.45, 2.75) is 13.5 Å². The average molecular weight is 292 g/mol. The molecule has 0 aliphatic rings. The molecule has 0 radical (unpaired) electrons. The van der Waals surface area contributed by atoms with Gasteiger partial charge in [-0.15, -0.1) is 0 Å². The number of benzene rings is 2. The molecule has 5 nitrogen and oxygen atoms in total. The Morgan fingerprint density at radius 2 is 1.68 bits per heavy atom. The van der Waals surface area contributed by atoms with E-state index in [4.69, 9.17) is 5.73 Å². The number of nitrogens with zero attached hydrogens (tertiary/aromatic N) is 2. The number of aryl methyl sites for hydroxylation is 1. The number of hydrogen-bond donors (Lipinski definition) is 2. The first kappa shape index (κ1) is 14.0. The van der Waals surface area contributed by atoms with Crippen molar-refractivity contribution >= 4 is 22.8 Å². The summed E-state index contributed by atoms with van der Waals surface area (Å²) in [5.41, 5.74) is 9.38. The summed E-state index contributed by atoms with van der Waals surface area (Å²) in [7, 11) is 0. The molecule has 0 saturated carbocycles. The highest BCUT2D eigenvalue weighted by Crippen LogP contribution is 2.16. The van der Waals surface area contributed by atoms with E-state index in [1.807, 2.05) is 43.3 Å². The molecule has 0 atom stereocenters. The Labute approximate surface area is 128 Å². The van der Waals surface area contributed by atoms with Gasteiger partial charge in [-0.2, -0.15) is 0 Å². The van der Waals surface area contributed by atoms with E-state index in [2.05, 4.69) is 15.3 Å². The summed E-state index contributed by atoms with van der Waals surface area (Å²) in [5, 5.41) is 3.28. The minimum absolute atomic E-state index is 0.421. The van der Waals surface area contributed by atoms with Crippen LogP contribution in [0.3, 0.4) is 0 Å². The zero-order valence-electron chi connectivity index (χ0n) is 12.2. The highest BCUT2D eigenvalue weighted by atomic mass is 16.1. The van der Waals surface area contributed by atoms with E-state index < -0.39 is 5.91 Å². The van der Waals surface area contributed by atoms with Gasteiger partial charge in [0.2, 0.25) is 5.91 Å². The fraction of sp³-hybridized carbons (Fsp3) is 0.118. The molecule has 3 N–H and O–H groups in total. The first-order valence-electron chi connectivity index (χ1n) is 6.99. The second kappa shape index (κ2) is 5.81. The summed E-state index contributed by atoms with van der Waals surface area (Å²) in [6.45, 7) is 2.53. The summed E-state index contributed by atoms with van der Waals surface area (Å²) in [5.74, 6) is 0.341. The number of nitrogens with two attached hydrogens (primary N) is 1. The first-order chi connectivity index (χ1) is 10.6. The van der Waals surface area contributed by atoms with Crippen molar-refractivity contribution in [1.82, 2.24) is 9.97 Å². The van der Waals surface area contributed by atoms with Gasteiger partial charge in [-0.3, -0.25) is 4.79 Å². The van der Waals surface area contributed by atoms with Crippen LogP contribution < -0.4 is 11.1 Å². The number of rotatable bonds is 4. The Kier molecular flexibility index (Phi) is 3.70. The molecule has 0 saturated heterocycles. The van der Waals surface area contributed by atoms with Crippen LogP contribution in [0.4, 0.5) is 5.82 Å². The predicted molar refractivity (Wildman–Crippen MR) is 86.6 cm³/mol. The number of fused-ring (bicyclic) bond motifs is 1. The van der Waals surface area contributed by atoms with Gasteiger partial charge >= 0.3 is 0 Å². The third-order valence-corrected chi connectivity index (χ3v) is 3.44. The largest absolute Gasteiger partial charge is 0.366 e. The van der Waals surface area contributed by atoms with Crippen LogP contribution in [0.15, 0.2) is 48.5 Å². The number of nitrogens with one attached hydrogen (secondary N) is 1. The minimum atomic E-state index is -0.421. The topological polar surface area (TPSA) is 80.9 Å². The maximum atomic E-state index is 11.0. The van der Waals surface area contributed by atoms with Crippen molar-refractivity contribution in [3.8, 4) is 0 Å². The molecule has 0 aliphatic carbocycles. The molecular formula is C17H16N4O. The van der Waals surface area contributed by atoms with Gasteiger partial charge in [-0.1, -0.05) is 24.3 Å². The van der Waals surface area contributed by atoms with E-state index >= 15 is 0 Å². The molecule has 0 bridgehead atoms. The standard InChI is InChI=1S/C17H16N4O/c1-11-17(21-15-5-3-2-4-14(15)20-11)19-10-12-6-8-13(9-7-12)16(18)22/h2-9H,10H2,1H3,(H2,18,22)(H,19,21). The van der Waals surface area contributed by atoms with Gasteiger partial charge in [0.25, 0.3) is 0 Å². The fourth-order valence-corrected chi connectivity index (χ4v) is 2.23. The minimum Gasteiger partial charge on any atom is -0.366 e. The maximum Gasteiger partial charge on any atom is 0.248 e.